The van der Waals surface area contributed by atoms with Crippen LogP contribution in [0.3, 0.4) is 0 Å². The van der Waals surface area contributed by atoms with Crippen molar-refractivity contribution in [2.45, 2.75) is 33.1 Å². The summed E-state index contributed by atoms with van der Waals surface area (Å²) in [7, 11) is 0. The third-order valence-electron chi connectivity index (χ3n) is 4.62. The standard InChI is InChI=1S/C24H22F6N4O2/c1-4-6-15-16(20(35)13(2)3)7-5-8-18(15)34-21(24(28,29)30)17(12-31)22(36)33-14-9-10-32-19(11-14)23(25,26)27/h4-12,35H,31H2,1-3H3,(H,32,33,36)/b6-4-,17-12+,34-21?. The van der Waals surface area contributed by atoms with E-state index < -0.39 is 40.9 Å². The van der Waals surface area contributed by atoms with Gasteiger partial charge in [-0.3, -0.25) is 9.78 Å². The molecule has 0 spiro atoms. The van der Waals surface area contributed by atoms with Gasteiger partial charge >= 0.3 is 12.4 Å². The average molecular weight is 512 g/mol. The number of hydrogen-bond donors (Lipinski definition) is 3. The van der Waals surface area contributed by atoms with Crippen LogP contribution in [-0.2, 0) is 11.0 Å². The maximum atomic E-state index is 14.0. The number of hydrogen-bond acceptors (Lipinski definition) is 5. The SMILES string of the molecule is C/C=C\c1c(N=C(/C(=C\N)C(=O)Nc2ccnc(C(F)(F)F)c2)C(F)(F)F)cccc1C(O)=C(C)C. The van der Waals surface area contributed by atoms with Gasteiger partial charge in [0, 0.05) is 29.2 Å². The first-order valence-electron chi connectivity index (χ1n) is 10.3. The first-order chi connectivity index (χ1) is 16.7. The van der Waals surface area contributed by atoms with Crippen molar-refractivity contribution < 1.29 is 36.2 Å². The summed E-state index contributed by atoms with van der Waals surface area (Å²) < 4.78 is 80.8. The van der Waals surface area contributed by atoms with Crippen LogP contribution in [0, 0.1) is 0 Å². The van der Waals surface area contributed by atoms with Gasteiger partial charge in [0.25, 0.3) is 5.91 Å². The molecule has 0 bridgehead atoms. The number of allylic oxidation sites excluding steroid dienone is 2. The number of halogens is 6. The van der Waals surface area contributed by atoms with Crippen LogP contribution in [0.4, 0.5) is 37.7 Å². The van der Waals surface area contributed by atoms with Gasteiger partial charge in [0.05, 0.1) is 11.3 Å². The highest BCUT2D eigenvalue weighted by Gasteiger charge is 2.41. The maximum absolute atomic E-state index is 14.0. The Balaban J connectivity index is 2.63. The monoisotopic (exact) mass is 512 g/mol. The molecule has 0 aliphatic rings. The molecule has 0 aliphatic carbocycles. The fourth-order valence-electron chi connectivity index (χ4n) is 2.99. The normalized spacial score (nSPS) is 13.1. The molecule has 4 N–H and O–H groups in total. The zero-order chi connectivity index (χ0) is 27.3. The number of aromatic nitrogens is 1. The molecular weight excluding hydrogens is 490 g/mol. The molecule has 1 aromatic carbocycles. The van der Waals surface area contributed by atoms with Crippen molar-refractivity contribution >= 4 is 34.8 Å². The molecule has 0 unspecified atom stereocenters. The van der Waals surface area contributed by atoms with E-state index in [-0.39, 0.29) is 22.6 Å². The van der Waals surface area contributed by atoms with Gasteiger partial charge in [0.2, 0.25) is 0 Å². The minimum Gasteiger partial charge on any atom is -0.507 e. The summed E-state index contributed by atoms with van der Waals surface area (Å²) >= 11 is 0. The molecule has 192 valence electrons. The largest absolute Gasteiger partial charge is 0.507 e. The summed E-state index contributed by atoms with van der Waals surface area (Å²) in [5.41, 5.74) is 1.32. The Morgan fingerprint density at radius 1 is 1.14 bits per heavy atom. The van der Waals surface area contributed by atoms with Crippen molar-refractivity contribution in [2.24, 2.45) is 10.7 Å². The number of anilines is 1. The molecule has 1 heterocycles. The van der Waals surface area contributed by atoms with E-state index >= 15 is 0 Å². The van der Waals surface area contributed by atoms with Crippen molar-refractivity contribution in [1.29, 1.82) is 0 Å². The predicted octanol–water partition coefficient (Wildman–Crippen LogP) is 6.56. The van der Waals surface area contributed by atoms with E-state index in [1.54, 1.807) is 20.8 Å². The quantitative estimate of drug-likeness (QED) is 0.177. The second kappa shape index (κ2) is 11.1. The number of aliphatic imine (C=N–C) groups is 1. The van der Waals surface area contributed by atoms with Crippen LogP contribution in [-0.4, -0.2) is 27.9 Å². The zero-order valence-electron chi connectivity index (χ0n) is 19.3. The summed E-state index contributed by atoms with van der Waals surface area (Å²) in [6.45, 7) is 4.82. The first-order valence-corrected chi connectivity index (χ1v) is 10.3. The highest BCUT2D eigenvalue weighted by Crippen LogP contribution is 2.33. The van der Waals surface area contributed by atoms with Gasteiger partial charge in [-0.2, -0.15) is 26.3 Å². The number of aliphatic hydroxyl groups excluding tert-OH is 1. The molecule has 0 radical (unpaired) electrons. The third kappa shape index (κ3) is 6.74. The summed E-state index contributed by atoms with van der Waals surface area (Å²) in [4.78, 5) is 19.4. The van der Waals surface area contributed by atoms with Gasteiger partial charge < -0.3 is 16.2 Å². The fourth-order valence-corrected chi connectivity index (χ4v) is 2.99. The molecule has 1 aromatic heterocycles. The van der Waals surface area contributed by atoms with Gasteiger partial charge in [-0.25, -0.2) is 4.99 Å². The minimum atomic E-state index is -5.18. The van der Waals surface area contributed by atoms with Gasteiger partial charge in [0.15, 0.2) is 5.71 Å². The molecule has 36 heavy (non-hydrogen) atoms. The Kier molecular flexibility index (Phi) is 8.68. The molecule has 0 saturated heterocycles. The molecule has 1 amide bonds. The number of pyridine rings is 1. The lowest BCUT2D eigenvalue weighted by Gasteiger charge is -2.16. The number of carbonyl (C=O) groups is 1. The van der Waals surface area contributed by atoms with Gasteiger partial charge in [-0.1, -0.05) is 24.3 Å². The highest BCUT2D eigenvalue weighted by atomic mass is 19.4. The molecule has 2 aromatic rings. The number of nitrogens with two attached hydrogens (primary N) is 1. The van der Waals surface area contributed by atoms with E-state index in [1.165, 1.54) is 30.4 Å². The van der Waals surface area contributed by atoms with Crippen molar-refractivity contribution in [3.8, 4) is 0 Å². The Morgan fingerprint density at radius 2 is 1.81 bits per heavy atom. The Bertz CT molecular complexity index is 1250. The van der Waals surface area contributed by atoms with Crippen molar-refractivity contribution in [3.05, 3.63) is 76.8 Å². The average Bonchev–Trinajstić information content (AvgIpc) is 2.78. The number of benzene rings is 1. The molecule has 0 fully saturated rings. The van der Waals surface area contributed by atoms with Crippen LogP contribution in [0.25, 0.3) is 11.8 Å². The summed E-state index contributed by atoms with van der Waals surface area (Å²) in [5.74, 6) is -1.61. The predicted molar refractivity (Wildman–Crippen MR) is 125 cm³/mol. The number of alkyl halides is 6. The van der Waals surface area contributed by atoms with Gasteiger partial charge in [0.1, 0.15) is 11.5 Å². The van der Waals surface area contributed by atoms with E-state index in [2.05, 4.69) is 9.98 Å². The Labute approximate surface area is 202 Å². The number of rotatable bonds is 6. The second-order valence-corrected chi connectivity index (χ2v) is 7.51. The zero-order valence-corrected chi connectivity index (χ0v) is 19.3. The Morgan fingerprint density at radius 3 is 2.33 bits per heavy atom. The molecule has 0 saturated carbocycles. The van der Waals surface area contributed by atoms with Crippen LogP contribution in [0.5, 0.6) is 0 Å². The van der Waals surface area contributed by atoms with Crippen LogP contribution in [0.1, 0.15) is 37.6 Å². The van der Waals surface area contributed by atoms with E-state index in [0.29, 0.717) is 17.8 Å². The summed E-state index contributed by atoms with van der Waals surface area (Å²) in [6, 6.07) is 5.54. The molecule has 0 aliphatic heterocycles. The molecule has 2 rings (SSSR count). The molecular formula is C24H22F6N4O2. The molecule has 0 atom stereocenters. The van der Waals surface area contributed by atoms with Crippen molar-refractivity contribution in [1.82, 2.24) is 4.98 Å². The van der Waals surface area contributed by atoms with Crippen molar-refractivity contribution in [2.75, 3.05) is 5.32 Å². The fraction of sp³-hybridized carbons (Fsp3) is 0.208. The number of nitrogens with one attached hydrogen (secondary N) is 1. The van der Waals surface area contributed by atoms with Crippen LogP contribution in [0.2, 0.25) is 0 Å². The van der Waals surface area contributed by atoms with E-state index in [9.17, 15) is 36.2 Å². The smallest absolute Gasteiger partial charge is 0.434 e. The van der Waals surface area contributed by atoms with Crippen LogP contribution in [0.15, 0.2) is 64.9 Å². The number of aliphatic hydroxyl groups is 1. The lowest BCUT2D eigenvalue weighted by atomic mass is 10.0. The van der Waals surface area contributed by atoms with E-state index in [1.807, 2.05) is 5.32 Å². The maximum Gasteiger partial charge on any atom is 0.434 e. The molecule has 6 nitrogen and oxygen atoms in total. The lowest BCUT2D eigenvalue weighted by molar-refractivity contribution is -0.141. The van der Waals surface area contributed by atoms with E-state index in [4.69, 9.17) is 5.73 Å². The topological polar surface area (TPSA) is 101 Å². The number of amides is 1. The molecule has 12 heteroatoms. The summed E-state index contributed by atoms with van der Waals surface area (Å²) in [5, 5.41) is 12.4. The van der Waals surface area contributed by atoms with Crippen LogP contribution >= 0.6 is 0 Å². The van der Waals surface area contributed by atoms with Crippen molar-refractivity contribution in [3.63, 3.8) is 0 Å². The van der Waals surface area contributed by atoms with Gasteiger partial charge in [-0.05, 0) is 44.5 Å². The number of carbonyl (C=O) groups excluding carboxylic acids is 1. The first kappa shape index (κ1) is 28.1. The summed E-state index contributed by atoms with van der Waals surface area (Å²) in [6.07, 6.45) is -5.95. The van der Waals surface area contributed by atoms with E-state index in [0.717, 1.165) is 12.3 Å². The Hall–Kier alpha value is -4.09. The van der Waals surface area contributed by atoms with Gasteiger partial charge in [-0.15, -0.1) is 0 Å². The third-order valence-corrected chi connectivity index (χ3v) is 4.62. The minimum absolute atomic E-state index is 0.140. The highest BCUT2D eigenvalue weighted by molar-refractivity contribution is 6.27. The lowest BCUT2D eigenvalue weighted by Crippen LogP contribution is -2.32. The number of nitrogens with zero attached hydrogens (tertiary/aromatic N) is 2. The van der Waals surface area contributed by atoms with Crippen LogP contribution < -0.4 is 11.1 Å². The second-order valence-electron chi connectivity index (χ2n) is 7.51.